The van der Waals surface area contributed by atoms with Gasteiger partial charge in [-0.3, -0.25) is 0 Å². The summed E-state index contributed by atoms with van der Waals surface area (Å²) in [6.07, 6.45) is 3.13. The highest BCUT2D eigenvalue weighted by Gasteiger charge is 2.24. The van der Waals surface area contributed by atoms with Crippen molar-refractivity contribution < 1.29 is 0 Å². The molecule has 0 aliphatic carbocycles. The van der Waals surface area contributed by atoms with E-state index in [4.69, 9.17) is 0 Å². The van der Waals surface area contributed by atoms with Crippen LogP contribution in [0, 0.1) is 0 Å². The number of nitrogens with zero attached hydrogens (tertiary/aromatic N) is 2. The molecule has 21 heavy (non-hydrogen) atoms. The monoisotopic (exact) mass is 281 g/mol. The zero-order chi connectivity index (χ0) is 14.7. The number of anilines is 1. The standard InChI is InChI=1S/C18H23N3/c1-14(19-2)16-8-10-20-18(12-16)21-11-9-17(13-21)15-6-4-3-5-7-15/h3-8,10,12,14,17,19H,9,11,13H2,1-2H3. The van der Waals surface area contributed by atoms with Crippen molar-refractivity contribution in [3.8, 4) is 0 Å². The molecule has 0 bridgehead atoms. The average Bonchev–Trinajstić information content (AvgIpc) is 3.05. The Morgan fingerprint density at radius 2 is 2.05 bits per heavy atom. The Balaban J connectivity index is 1.74. The first kappa shape index (κ1) is 14.1. The molecule has 3 nitrogen and oxygen atoms in total. The van der Waals surface area contributed by atoms with Crippen molar-refractivity contribution in [2.75, 3.05) is 25.0 Å². The third-order valence-corrected chi connectivity index (χ3v) is 4.49. The van der Waals surface area contributed by atoms with E-state index in [1.54, 1.807) is 0 Å². The highest BCUT2D eigenvalue weighted by Crippen LogP contribution is 2.30. The molecule has 1 aromatic carbocycles. The Morgan fingerprint density at radius 3 is 2.81 bits per heavy atom. The molecule has 1 saturated heterocycles. The maximum atomic E-state index is 4.56. The first-order valence-corrected chi connectivity index (χ1v) is 7.71. The third kappa shape index (κ3) is 3.08. The van der Waals surface area contributed by atoms with Gasteiger partial charge in [0.2, 0.25) is 0 Å². The van der Waals surface area contributed by atoms with Crippen molar-refractivity contribution in [2.45, 2.75) is 25.3 Å². The number of rotatable bonds is 4. The predicted octanol–water partition coefficient (Wildman–Crippen LogP) is 3.36. The molecule has 2 atom stereocenters. The van der Waals surface area contributed by atoms with Crippen LogP contribution in [0.4, 0.5) is 5.82 Å². The fourth-order valence-corrected chi connectivity index (χ4v) is 3.01. The highest BCUT2D eigenvalue weighted by atomic mass is 15.2. The molecule has 0 radical (unpaired) electrons. The van der Waals surface area contributed by atoms with Crippen molar-refractivity contribution in [1.29, 1.82) is 0 Å². The van der Waals surface area contributed by atoms with Crippen molar-refractivity contribution in [3.05, 3.63) is 59.8 Å². The van der Waals surface area contributed by atoms with Gasteiger partial charge in [0.05, 0.1) is 0 Å². The largest absolute Gasteiger partial charge is 0.356 e. The molecule has 3 heteroatoms. The molecule has 1 N–H and O–H groups in total. The third-order valence-electron chi connectivity index (χ3n) is 4.49. The summed E-state index contributed by atoms with van der Waals surface area (Å²) in [5, 5.41) is 3.29. The van der Waals surface area contributed by atoms with Crippen LogP contribution in [-0.2, 0) is 0 Å². The van der Waals surface area contributed by atoms with Crippen LogP contribution in [0.2, 0.25) is 0 Å². The van der Waals surface area contributed by atoms with Gasteiger partial charge in [-0.25, -0.2) is 4.98 Å². The molecular weight excluding hydrogens is 258 g/mol. The summed E-state index contributed by atoms with van der Waals surface area (Å²) in [5.74, 6) is 1.73. The second kappa shape index (κ2) is 6.27. The van der Waals surface area contributed by atoms with Crippen LogP contribution in [0.5, 0.6) is 0 Å². The quantitative estimate of drug-likeness (QED) is 0.931. The average molecular weight is 281 g/mol. The van der Waals surface area contributed by atoms with Gasteiger partial charge in [0.1, 0.15) is 5.82 Å². The van der Waals surface area contributed by atoms with Crippen molar-refractivity contribution >= 4 is 5.82 Å². The van der Waals surface area contributed by atoms with Crippen LogP contribution < -0.4 is 10.2 Å². The number of benzene rings is 1. The van der Waals surface area contributed by atoms with E-state index >= 15 is 0 Å². The van der Waals surface area contributed by atoms with Crippen LogP contribution >= 0.6 is 0 Å². The molecule has 0 amide bonds. The second-order valence-electron chi connectivity index (χ2n) is 5.80. The Hall–Kier alpha value is -1.87. The summed E-state index contributed by atoms with van der Waals surface area (Å²) >= 11 is 0. The molecule has 0 spiro atoms. The summed E-state index contributed by atoms with van der Waals surface area (Å²) in [7, 11) is 1.99. The summed E-state index contributed by atoms with van der Waals surface area (Å²) in [5.41, 5.74) is 2.74. The molecule has 1 aliphatic rings. The minimum absolute atomic E-state index is 0.360. The lowest BCUT2D eigenvalue weighted by Crippen LogP contribution is -2.21. The lowest BCUT2D eigenvalue weighted by atomic mass is 9.99. The Bertz CT molecular complexity index is 582. The summed E-state index contributed by atoms with van der Waals surface area (Å²) in [6.45, 7) is 4.33. The van der Waals surface area contributed by atoms with E-state index in [-0.39, 0.29) is 0 Å². The molecule has 3 rings (SSSR count). The minimum Gasteiger partial charge on any atom is -0.356 e. The fraction of sp³-hybridized carbons (Fsp3) is 0.389. The van der Waals surface area contributed by atoms with Crippen LogP contribution in [0.15, 0.2) is 48.7 Å². The lowest BCUT2D eigenvalue weighted by molar-refractivity contribution is 0.651. The zero-order valence-corrected chi connectivity index (χ0v) is 12.8. The van der Waals surface area contributed by atoms with Gasteiger partial charge in [0.15, 0.2) is 0 Å². The first-order valence-electron chi connectivity index (χ1n) is 7.71. The van der Waals surface area contributed by atoms with Crippen LogP contribution in [-0.4, -0.2) is 25.1 Å². The lowest BCUT2D eigenvalue weighted by Gasteiger charge is -2.19. The van der Waals surface area contributed by atoms with Crippen LogP contribution in [0.3, 0.4) is 0 Å². The highest BCUT2D eigenvalue weighted by molar-refractivity contribution is 5.44. The minimum atomic E-state index is 0.360. The molecule has 2 heterocycles. The van der Waals surface area contributed by atoms with E-state index < -0.39 is 0 Å². The smallest absolute Gasteiger partial charge is 0.128 e. The zero-order valence-electron chi connectivity index (χ0n) is 12.8. The van der Waals surface area contributed by atoms with Crippen molar-refractivity contribution in [1.82, 2.24) is 10.3 Å². The number of hydrogen-bond donors (Lipinski definition) is 1. The topological polar surface area (TPSA) is 28.2 Å². The summed E-state index contributed by atoms with van der Waals surface area (Å²) in [4.78, 5) is 6.97. The van der Waals surface area contributed by atoms with Crippen LogP contribution in [0.1, 0.15) is 36.4 Å². The fourth-order valence-electron chi connectivity index (χ4n) is 3.01. The second-order valence-corrected chi connectivity index (χ2v) is 5.80. The van der Waals surface area contributed by atoms with Gasteiger partial charge in [-0.05, 0) is 43.7 Å². The van der Waals surface area contributed by atoms with Gasteiger partial charge in [-0.1, -0.05) is 30.3 Å². The molecular formula is C18H23N3. The maximum Gasteiger partial charge on any atom is 0.128 e. The number of hydrogen-bond acceptors (Lipinski definition) is 3. The Kier molecular flexibility index (Phi) is 4.20. The van der Waals surface area contributed by atoms with E-state index in [0.29, 0.717) is 12.0 Å². The van der Waals surface area contributed by atoms with Gasteiger partial charge >= 0.3 is 0 Å². The predicted molar refractivity (Wildman–Crippen MR) is 87.7 cm³/mol. The number of nitrogens with one attached hydrogen (secondary N) is 1. The number of pyridine rings is 1. The van der Waals surface area contributed by atoms with E-state index in [1.165, 1.54) is 17.5 Å². The molecule has 2 aromatic rings. The normalized spacial score (nSPS) is 19.7. The Morgan fingerprint density at radius 1 is 1.24 bits per heavy atom. The first-order chi connectivity index (χ1) is 10.3. The maximum absolute atomic E-state index is 4.56. The molecule has 2 unspecified atom stereocenters. The van der Waals surface area contributed by atoms with Crippen LogP contribution in [0.25, 0.3) is 0 Å². The van der Waals surface area contributed by atoms with Crippen molar-refractivity contribution in [3.63, 3.8) is 0 Å². The number of aromatic nitrogens is 1. The molecule has 110 valence electrons. The Labute approximate surface area is 127 Å². The molecule has 1 fully saturated rings. The summed E-state index contributed by atoms with van der Waals surface area (Å²) < 4.78 is 0. The van der Waals surface area contributed by atoms with Crippen molar-refractivity contribution in [2.24, 2.45) is 0 Å². The van der Waals surface area contributed by atoms with Gasteiger partial charge < -0.3 is 10.2 Å². The van der Waals surface area contributed by atoms with E-state index in [1.807, 2.05) is 13.2 Å². The molecule has 1 aromatic heterocycles. The molecule has 1 aliphatic heterocycles. The van der Waals surface area contributed by atoms with Gasteiger partial charge in [-0.2, -0.15) is 0 Å². The molecule has 0 saturated carbocycles. The van der Waals surface area contributed by atoms with Gasteiger partial charge in [0.25, 0.3) is 0 Å². The van der Waals surface area contributed by atoms with Gasteiger partial charge in [-0.15, -0.1) is 0 Å². The van der Waals surface area contributed by atoms with E-state index in [9.17, 15) is 0 Å². The summed E-state index contributed by atoms with van der Waals surface area (Å²) in [6, 6.07) is 15.5. The SMILES string of the molecule is CNC(C)c1ccnc(N2CCC(c3ccccc3)C2)c1. The van der Waals surface area contributed by atoms with E-state index in [0.717, 1.165) is 18.9 Å². The van der Waals surface area contributed by atoms with E-state index in [2.05, 4.69) is 64.6 Å². The van der Waals surface area contributed by atoms with Gasteiger partial charge in [0, 0.05) is 31.2 Å².